The Hall–Kier alpha value is -6.58. The van der Waals surface area contributed by atoms with Crippen LogP contribution in [0, 0.1) is 0 Å². The number of furan rings is 1. The van der Waals surface area contributed by atoms with Gasteiger partial charge in [-0.15, -0.1) is 0 Å². The minimum Gasteiger partial charge on any atom is -0.455 e. The van der Waals surface area contributed by atoms with Crippen molar-refractivity contribution in [3.8, 4) is 27.9 Å². The van der Waals surface area contributed by atoms with Gasteiger partial charge in [-0.2, -0.15) is 0 Å². The van der Waals surface area contributed by atoms with E-state index >= 15 is 0 Å². The zero-order valence-corrected chi connectivity index (χ0v) is 30.2. The first-order chi connectivity index (χ1) is 26.5. The fourth-order valence-corrected chi connectivity index (χ4v) is 9.79. The molecule has 3 aromatic heterocycles. The van der Waals surface area contributed by atoms with Crippen molar-refractivity contribution in [3.05, 3.63) is 169 Å². The van der Waals surface area contributed by atoms with Crippen molar-refractivity contribution in [1.82, 2.24) is 9.13 Å². The predicted molar refractivity (Wildman–Crippen MR) is 227 cm³/mol. The average molecular weight is 693 g/mol. The maximum atomic E-state index is 6.59. The summed E-state index contributed by atoms with van der Waals surface area (Å²) in [6.07, 6.45) is 8.84. The summed E-state index contributed by atoms with van der Waals surface area (Å²) in [6, 6.07) is 51.7. The van der Waals surface area contributed by atoms with Gasteiger partial charge in [0, 0.05) is 54.7 Å². The van der Waals surface area contributed by atoms with E-state index in [2.05, 4.69) is 181 Å². The van der Waals surface area contributed by atoms with Gasteiger partial charge in [-0.05, 0) is 89.2 Å². The minimum atomic E-state index is -0.185. The normalized spacial score (nSPS) is 14.9. The lowest BCUT2D eigenvalue weighted by atomic mass is 9.82. The van der Waals surface area contributed by atoms with Crippen LogP contribution in [0.25, 0.3) is 99.2 Å². The molecule has 0 radical (unpaired) electrons. The van der Waals surface area contributed by atoms with Crippen LogP contribution in [0.15, 0.2) is 162 Å². The molecule has 7 aromatic carbocycles. The largest absolute Gasteiger partial charge is 0.455 e. The van der Waals surface area contributed by atoms with E-state index in [-0.39, 0.29) is 5.41 Å². The summed E-state index contributed by atoms with van der Waals surface area (Å²) in [6.45, 7) is 4.71. The molecule has 0 saturated carbocycles. The third-order valence-corrected chi connectivity index (χ3v) is 12.4. The van der Waals surface area contributed by atoms with E-state index < -0.39 is 0 Å². The van der Waals surface area contributed by atoms with Crippen molar-refractivity contribution in [1.29, 1.82) is 0 Å². The highest BCUT2D eigenvalue weighted by Crippen LogP contribution is 2.53. The van der Waals surface area contributed by atoms with Gasteiger partial charge in [0.05, 0.1) is 22.1 Å². The van der Waals surface area contributed by atoms with Gasteiger partial charge in [-0.3, -0.25) is 0 Å². The van der Waals surface area contributed by atoms with Gasteiger partial charge in [0.25, 0.3) is 0 Å². The lowest BCUT2D eigenvalue weighted by Crippen LogP contribution is -2.15. The predicted octanol–water partition coefficient (Wildman–Crippen LogP) is 14.0. The van der Waals surface area contributed by atoms with E-state index in [0.717, 1.165) is 24.0 Å². The van der Waals surface area contributed by atoms with Gasteiger partial charge >= 0.3 is 0 Å². The highest BCUT2D eigenvalue weighted by atomic mass is 16.3. The van der Waals surface area contributed by atoms with Gasteiger partial charge in [0.2, 0.25) is 0 Å². The highest BCUT2D eigenvalue weighted by molar-refractivity contribution is 6.14. The highest BCUT2D eigenvalue weighted by Gasteiger charge is 2.38. The Morgan fingerprint density at radius 3 is 1.89 bits per heavy atom. The molecular formula is C51H36N2O. The maximum Gasteiger partial charge on any atom is 0.143 e. The van der Waals surface area contributed by atoms with Gasteiger partial charge in [-0.25, -0.2) is 0 Å². The molecule has 12 rings (SSSR count). The molecule has 0 unspecified atom stereocenters. The number of hydrogen-bond acceptors (Lipinski definition) is 1. The van der Waals surface area contributed by atoms with E-state index in [1.54, 1.807) is 0 Å². The second kappa shape index (κ2) is 10.7. The van der Waals surface area contributed by atoms with Gasteiger partial charge in [0.15, 0.2) is 0 Å². The van der Waals surface area contributed by atoms with Crippen molar-refractivity contribution >= 4 is 71.2 Å². The molecule has 0 aliphatic heterocycles. The molecule has 0 N–H and O–H groups in total. The molecule has 10 aromatic rings. The first-order valence-electron chi connectivity index (χ1n) is 19.1. The monoisotopic (exact) mass is 692 g/mol. The molecule has 0 spiro atoms. The molecule has 0 bridgehead atoms. The fraction of sp³-hybridized carbons (Fsp3) is 0.0980. The SMILES string of the molecule is CC1(C)c2cc(-n3c4ccccc4c4ccc(-c5ccc6c7ccccc7n(C7=CC=CCC7)c6c5)cc43)ccc2-c2c1ccc1c2oc2ccccc21. The Labute approximate surface area is 312 Å². The zero-order valence-electron chi connectivity index (χ0n) is 30.2. The number of fused-ring (bicyclic) bond motifs is 13. The fourth-order valence-electron chi connectivity index (χ4n) is 9.79. The summed E-state index contributed by atoms with van der Waals surface area (Å²) in [7, 11) is 0. The van der Waals surface area contributed by atoms with Crippen molar-refractivity contribution in [2.75, 3.05) is 0 Å². The summed E-state index contributed by atoms with van der Waals surface area (Å²) < 4.78 is 11.5. The van der Waals surface area contributed by atoms with E-state index in [1.165, 1.54) is 99.1 Å². The van der Waals surface area contributed by atoms with Gasteiger partial charge in [-0.1, -0.05) is 123 Å². The van der Waals surface area contributed by atoms with Crippen LogP contribution in [0.5, 0.6) is 0 Å². The molecular weight excluding hydrogens is 657 g/mol. The number of allylic oxidation sites excluding steroid dienone is 4. The van der Waals surface area contributed by atoms with Crippen LogP contribution >= 0.6 is 0 Å². The Bertz CT molecular complexity index is 3300. The first-order valence-corrected chi connectivity index (χ1v) is 19.1. The van der Waals surface area contributed by atoms with Crippen LogP contribution in [-0.4, -0.2) is 9.13 Å². The molecule has 2 aliphatic carbocycles. The smallest absolute Gasteiger partial charge is 0.143 e. The molecule has 0 saturated heterocycles. The third kappa shape index (κ3) is 3.96. The summed E-state index contributed by atoms with van der Waals surface area (Å²) in [5.74, 6) is 0. The maximum absolute atomic E-state index is 6.59. The number of benzene rings is 7. The second-order valence-corrected chi connectivity index (χ2v) is 15.6. The van der Waals surface area contributed by atoms with Crippen LogP contribution < -0.4 is 0 Å². The van der Waals surface area contributed by atoms with Crippen LogP contribution in [0.3, 0.4) is 0 Å². The summed E-state index contributed by atoms with van der Waals surface area (Å²) in [4.78, 5) is 0. The quantitative estimate of drug-likeness (QED) is 0.181. The zero-order chi connectivity index (χ0) is 35.7. The average Bonchev–Trinajstić information content (AvgIpc) is 3.93. The van der Waals surface area contributed by atoms with Crippen molar-refractivity contribution in [3.63, 3.8) is 0 Å². The third-order valence-electron chi connectivity index (χ3n) is 12.4. The Kier molecular flexibility index (Phi) is 5.96. The lowest BCUT2D eigenvalue weighted by Gasteiger charge is -2.22. The molecule has 3 heteroatoms. The van der Waals surface area contributed by atoms with Crippen molar-refractivity contribution in [2.45, 2.75) is 32.1 Å². The number of hydrogen-bond donors (Lipinski definition) is 0. The molecule has 0 atom stereocenters. The molecule has 3 nitrogen and oxygen atoms in total. The summed E-state index contributed by atoms with van der Waals surface area (Å²) >= 11 is 0. The number of para-hydroxylation sites is 3. The molecule has 0 fully saturated rings. The summed E-state index contributed by atoms with van der Waals surface area (Å²) in [5, 5.41) is 7.46. The minimum absolute atomic E-state index is 0.185. The Morgan fingerprint density at radius 1 is 0.537 bits per heavy atom. The number of rotatable bonds is 3. The molecule has 54 heavy (non-hydrogen) atoms. The number of aromatic nitrogens is 2. The molecule has 256 valence electrons. The summed E-state index contributed by atoms with van der Waals surface area (Å²) in [5.41, 5.74) is 16.8. The topological polar surface area (TPSA) is 23.0 Å². The molecule has 3 heterocycles. The molecule has 2 aliphatic rings. The van der Waals surface area contributed by atoms with E-state index in [1.807, 2.05) is 0 Å². The van der Waals surface area contributed by atoms with Crippen molar-refractivity contribution in [2.24, 2.45) is 0 Å². The van der Waals surface area contributed by atoms with E-state index in [9.17, 15) is 0 Å². The van der Waals surface area contributed by atoms with Gasteiger partial charge in [0.1, 0.15) is 11.2 Å². The Morgan fingerprint density at radius 2 is 1.17 bits per heavy atom. The standard InChI is InChI=1S/C51H36N2O/c1-51(2)42-27-26-40-39-16-8-11-19-48(39)54-50(40)49(42)41-25-22-34(30-43(41)51)53-45-18-10-7-15-36(45)38-24-21-32(29-47(38)53)31-20-23-37-35-14-6-9-17-44(35)52(46(37)28-31)33-12-4-3-5-13-33/h3-4,6-12,14-30H,5,13H2,1-2H3. The van der Waals surface area contributed by atoms with Crippen LogP contribution in [-0.2, 0) is 5.41 Å². The first kappa shape index (κ1) is 29.9. The van der Waals surface area contributed by atoms with E-state index in [0.29, 0.717) is 0 Å². The van der Waals surface area contributed by atoms with Crippen molar-refractivity contribution < 1.29 is 4.42 Å². The van der Waals surface area contributed by atoms with E-state index in [4.69, 9.17) is 4.42 Å². The van der Waals surface area contributed by atoms with Gasteiger partial charge < -0.3 is 13.6 Å². The van der Waals surface area contributed by atoms with Crippen LogP contribution in [0.1, 0.15) is 37.8 Å². The Balaban J connectivity index is 1.06. The molecule has 0 amide bonds. The van der Waals surface area contributed by atoms with Crippen LogP contribution in [0.4, 0.5) is 0 Å². The van der Waals surface area contributed by atoms with Crippen LogP contribution in [0.2, 0.25) is 0 Å². The second-order valence-electron chi connectivity index (χ2n) is 15.6. The lowest BCUT2D eigenvalue weighted by molar-refractivity contribution is 0.653. The number of nitrogens with zero attached hydrogens (tertiary/aromatic N) is 2.